The standard InChI is InChI=1S/C22H20BrCl2NO2/c1-14-3-8-18(24)11-20(14)26-12-16-9-19(25)22(21(10-16)27-2)28-13-15-4-6-17(23)7-5-15/h3-11,26H,12-13H2,1-2H3. The van der Waals surface area contributed by atoms with E-state index in [0.717, 1.165) is 26.9 Å². The van der Waals surface area contributed by atoms with Crippen molar-refractivity contribution in [2.45, 2.75) is 20.1 Å². The third-order valence-electron chi connectivity index (χ3n) is 4.27. The van der Waals surface area contributed by atoms with Crippen LogP contribution in [0.4, 0.5) is 5.69 Å². The molecule has 0 heterocycles. The molecule has 0 bridgehead atoms. The number of ether oxygens (including phenoxy) is 2. The average molecular weight is 481 g/mol. The van der Waals surface area contributed by atoms with E-state index in [1.807, 2.05) is 61.5 Å². The molecule has 6 heteroatoms. The first-order valence-electron chi connectivity index (χ1n) is 8.70. The van der Waals surface area contributed by atoms with Gasteiger partial charge < -0.3 is 14.8 Å². The summed E-state index contributed by atoms with van der Waals surface area (Å²) in [4.78, 5) is 0. The number of halogens is 3. The summed E-state index contributed by atoms with van der Waals surface area (Å²) in [6.45, 7) is 3.03. The molecule has 0 fully saturated rings. The van der Waals surface area contributed by atoms with Gasteiger partial charge in [-0.1, -0.05) is 57.3 Å². The van der Waals surface area contributed by atoms with E-state index in [2.05, 4.69) is 21.2 Å². The largest absolute Gasteiger partial charge is 0.493 e. The predicted molar refractivity (Wildman–Crippen MR) is 120 cm³/mol. The summed E-state index contributed by atoms with van der Waals surface area (Å²) in [6, 6.07) is 17.5. The number of hydrogen-bond acceptors (Lipinski definition) is 3. The number of rotatable bonds is 7. The fourth-order valence-corrected chi connectivity index (χ4v) is 3.46. The Bertz CT molecular complexity index is 961. The molecule has 0 saturated carbocycles. The van der Waals surface area contributed by atoms with Gasteiger partial charge in [0.15, 0.2) is 11.5 Å². The molecule has 0 amide bonds. The smallest absolute Gasteiger partial charge is 0.180 e. The first-order valence-corrected chi connectivity index (χ1v) is 10.2. The van der Waals surface area contributed by atoms with Crippen LogP contribution in [0.1, 0.15) is 16.7 Å². The molecule has 3 aromatic rings. The Morgan fingerprint density at radius 1 is 0.964 bits per heavy atom. The highest BCUT2D eigenvalue weighted by Crippen LogP contribution is 2.37. The molecule has 1 N–H and O–H groups in total. The maximum Gasteiger partial charge on any atom is 0.180 e. The van der Waals surface area contributed by atoms with Crippen LogP contribution < -0.4 is 14.8 Å². The van der Waals surface area contributed by atoms with Crippen LogP contribution in [0.3, 0.4) is 0 Å². The molecule has 28 heavy (non-hydrogen) atoms. The van der Waals surface area contributed by atoms with Crippen molar-refractivity contribution in [2.24, 2.45) is 0 Å². The van der Waals surface area contributed by atoms with Crippen LogP contribution in [-0.2, 0) is 13.2 Å². The minimum atomic E-state index is 0.405. The van der Waals surface area contributed by atoms with Crippen molar-refractivity contribution in [2.75, 3.05) is 12.4 Å². The minimum Gasteiger partial charge on any atom is -0.493 e. The van der Waals surface area contributed by atoms with Crippen molar-refractivity contribution in [1.29, 1.82) is 0 Å². The van der Waals surface area contributed by atoms with Crippen LogP contribution in [-0.4, -0.2) is 7.11 Å². The van der Waals surface area contributed by atoms with Crippen molar-refractivity contribution < 1.29 is 9.47 Å². The highest BCUT2D eigenvalue weighted by molar-refractivity contribution is 9.10. The van der Waals surface area contributed by atoms with E-state index in [-0.39, 0.29) is 0 Å². The molecule has 146 valence electrons. The summed E-state index contributed by atoms with van der Waals surface area (Å²) in [7, 11) is 1.61. The Morgan fingerprint density at radius 3 is 2.43 bits per heavy atom. The van der Waals surface area contributed by atoms with Crippen LogP contribution in [0, 0.1) is 6.92 Å². The monoisotopic (exact) mass is 479 g/mol. The van der Waals surface area contributed by atoms with Gasteiger partial charge >= 0.3 is 0 Å². The van der Waals surface area contributed by atoms with Crippen molar-refractivity contribution in [3.05, 3.63) is 85.8 Å². The molecular formula is C22H20BrCl2NO2. The number of anilines is 1. The van der Waals surface area contributed by atoms with E-state index < -0.39 is 0 Å². The van der Waals surface area contributed by atoms with Gasteiger partial charge in [0.1, 0.15) is 6.61 Å². The second kappa shape index (κ2) is 9.55. The van der Waals surface area contributed by atoms with Crippen LogP contribution in [0.5, 0.6) is 11.5 Å². The van der Waals surface area contributed by atoms with E-state index in [4.69, 9.17) is 32.7 Å². The van der Waals surface area contributed by atoms with Crippen LogP contribution in [0.2, 0.25) is 10.0 Å². The summed E-state index contributed by atoms with van der Waals surface area (Å²) in [5.74, 6) is 1.14. The summed E-state index contributed by atoms with van der Waals surface area (Å²) < 4.78 is 12.5. The Morgan fingerprint density at radius 2 is 1.71 bits per heavy atom. The van der Waals surface area contributed by atoms with E-state index in [9.17, 15) is 0 Å². The summed E-state index contributed by atoms with van der Waals surface area (Å²) >= 11 is 16.0. The molecule has 0 aliphatic carbocycles. The zero-order valence-corrected chi connectivity index (χ0v) is 18.7. The minimum absolute atomic E-state index is 0.405. The van der Waals surface area contributed by atoms with Gasteiger partial charge in [0.2, 0.25) is 0 Å². The van der Waals surface area contributed by atoms with Crippen molar-refractivity contribution in [3.63, 3.8) is 0 Å². The third-order valence-corrected chi connectivity index (χ3v) is 5.31. The van der Waals surface area contributed by atoms with Gasteiger partial charge in [0.05, 0.1) is 12.1 Å². The molecule has 0 saturated heterocycles. The quantitative estimate of drug-likeness (QED) is 0.385. The zero-order chi connectivity index (χ0) is 20.1. The van der Waals surface area contributed by atoms with E-state index in [1.165, 1.54) is 0 Å². The maximum atomic E-state index is 6.48. The van der Waals surface area contributed by atoms with Crippen LogP contribution >= 0.6 is 39.1 Å². The fraction of sp³-hybridized carbons (Fsp3) is 0.182. The first-order chi connectivity index (χ1) is 13.5. The van der Waals surface area contributed by atoms with Gasteiger partial charge in [-0.25, -0.2) is 0 Å². The molecule has 0 spiro atoms. The van der Waals surface area contributed by atoms with Crippen molar-refractivity contribution >= 4 is 44.8 Å². The second-order valence-corrected chi connectivity index (χ2v) is 8.10. The summed E-state index contributed by atoms with van der Waals surface area (Å²) in [6.07, 6.45) is 0. The highest BCUT2D eigenvalue weighted by Gasteiger charge is 2.13. The molecule has 0 aliphatic heterocycles. The van der Waals surface area contributed by atoms with E-state index >= 15 is 0 Å². The van der Waals surface area contributed by atoms with Crippen LogP contribution in [0.25, 0.3) is 0 Å². The van der Waals surface area contributed by atoms with Gasteiger partial charge in [-0.2, -0.15) is 0 Å². The van der Waals surface area contributed by atoms with Crippen molar-refractivity contribution in [1.82, 2.24) is 0 Å². The maximum absolute atomic E-state index is 6.48. The summed E-state index contributed by atoms with van der Waals surface area (Å²) in [5, 5.41) is 4.59. The molecule has 3 aromatic carbocycles. The number of benzene rings is 3. The zero-order valence-electron chi connectivity index (χ0n) is 15.6. The lowest BCUT2D eigenvalue weighted by atomic mass is 10.1. The number of methoxy groups -OCH3 is 1. The van der Waals surface area contributed by atoms with Crippen molar-refractivity contribution in [3.8, 4) is 11.5 Å². The number of aryl methyl sites for hydroxylation is 1. The molecule has 0 atom stereocenters. The molecular weight excluding hydrogens is 461 g/mol. The first kappa shape index (κ1) is 20.8. The molecule has 3 nitrogen and oxygen atoms in total. The fourth-order valence-electron chi connectivity index (χ4n) is 2.73. The molecule has 3 rings (SSSR count). The topological polar surface area (TPSA) is 30.5 Å². The van der Waals surface area contributed by atoms with Gasteiger partial charge in [0.25, 0.3) is 0 Å². The van der Waals surface area contributed by atoms with Gasteiger partial charge in [0, 0.05) is 21.7 Å². The molecule has 0 unspecified atom stereocenters. The lowest BCUT2D eigenvalue weighted by molar-refractivity contribution is 0.284. The highest BCUT2D eigenvalue weighted by atomic mass is 79.9. The van der Waals surface area contributed by atoms with Gasteiger partial charge in [-0.15, -0.1) is 0 Å². The Balaban J connectivity index is 1.73. The Hall–Kier alpha value is -1.88. The normalized spacial score (nSPS) is 10.6. The summed E-state index contributed by atoms with van der Waals surface area (Å²) in [5.41, 5.74) is 4.13. The van der Waals surface area contributed by atoms with Gasteiger partial charge in [-0.3, -0.25) is 0 Å². The third kappa shape index (κ3) is 5.34. The number of nitrogens with one attached hydrogen (secondary N) is 1. The Labute approximate surface area is 183 Å². The lowest BCUT2D eigenvalue weighted by Crippen LogP contribution is -2.03. The molecule has 0 aliphatic rings. The second-order valence-electron chi connectivity index (χ2n) is 6.34. The molecule has 0 aromatic heterocycles. The lowest BCUT2D eigenvalue weighted by Gasteiger charge is -2.15. The van der Waals surface area contributed by atoms with Crippen LogP contribution in [0.15, 0.2) is 59.1 Å². The predicted octanol–water partition coefficient (Wildman–Crippen LogP) is 7.26. The van der Waals surface area contributed by atoms with E-state index in [0.29, 0.717) is 34.7 Å². The SMILES string of the molecule is COc1cc(CNc2cc(Cl)ccc2C)cc(Cl)c1OCc1ccc(Br)cc1. The molecule has 0 radical (unpaired) electrons. The average Bonchev–Trinajstić information content (AvgIpc) is 2.68. The number of hydrogen-bond donors (Lipinski definition) is 1. The van der Waals surface area contributed by atoms with Gasteiger partial charge in [-0.05, 0) is 60.0 Å². The Kier molecular flexibility index (Phi) is 7.11. The van der Waals surface area contributed by atoms with E-state index in [1.54, 1.807) is 7.11 Å².